The molecule has 90 valence electrons. The van der Waals surface area contributed by atoms with E-state index in [1.807, 2.05) is 24.3 Å². The molecular formula is C13H15NO3. The third kappa shape index (κ3) is 2.31. The van der Waals surface area contributed by atoms with Crippen molar-refractivity contribution in [3.8, 4) is 0 Å². The van der Waals surface area contributed by atoms with Gasteiger partial charge in [0.1, 0.15) is 5.69 Å². The number of para-hydroxylation sites is 1. The van der Waals surface area contributed by atoms with Crippen molar-refractivity contribution in [2.75, 3.05) is 13.7 Å². The normalized spacial score (nSPS) is 10.9. The molecule has 0 amide bonds. The zero-order chi connectivity index (χ0) is 12.3. The van der Waals surface area contributed by atoms with Gasteiger partial charge in [-0.05, 0) is 24.5 Å². The minimum atomic E-state index is -0.909. The van der Waals surface area contributed by atoms with Crippen molar-refractivity contribution in [1.29, 1.82) is 0 Å². The lowest BCUT2D eigenvalue weighted by Gasteiger charge is -2.01. The van der Waals surface area contributed by atoms with Crippen molar-refractivity contribution in [3.05, 3.63) is 35.5 Å². The summed E-state index contributed by atoms with van der Waals surface area (Å²) in [5, 5.41) is 10.1. The third-order valence-electron chi connectivity index (χ3n) is 2.80. The van der Waals surface area contributed by atoms with Gasteiger partial charge in [0.25, 0.3) is 0 Å². The summed E-state index contributed by atoms with van der Waals surface area (Å²) < 4.78 is 4.99. The van der Waals surface area contributed by atoms with E-state index in [2.05, 4.69) is 4.98 Å². The Morgan fingerprint density at radius 1 is 1.41 bits per heavy atom. The molecule has 0 saturated heterocycles. The molecule has 1 aromatic heterocycles. The molecule has 0 bridgehead atoms. The summed E-state index contributed by atoms with van der Waals surface area (Å²) in [5.74, 6) is -0.909. The molecule has 1 heterocycles. The van der Waals surface area contributed by atoms with Gasteiger partial charge in [-0.1, -0.05) is 18.2 Å². The first-order valence-electron chi connectivity index (χ1n) is 5.56. The highest BCUT2D eigenvalue weighted by Crippen LogP contribution is 2.23. The van der Waals surface area contributed by atoms with Crippen molar-refractivity contribution in [2.24, 2.45) is 0 Å². The summed E-state index contributed by atoms with van der Waals surface area (Å²) in [6.07, 6.45) is 1.53. The van der Waals surface area contributed by atoms with Crippen LogP contribution in [0.1, 0.15) is 22.5 Å². The molecule has 4 heteroatoms. The Bertz CT molecular complexity index is 530. The maximum Gasteiger partial charge on any atom is 0.352 e. The van der Waals surface area contributed by atoms with E-state index in [-0.39, 0.29) is 0 Å². The summed E-state index contributed by atoms with van der Waals surface area (Å²) >= 11 is 0. The van der Waals surface area contributed by atoms with Gasteiger partial charge in [-0.3, -0.25) is 0 Å². The lowest BCUT2D eigenvalue weighted by atomic mass is 10.1. The number of nitrogens with one attached hydrogen (secondary N) is 1. The number of carboxylic acid groups (broad SMARTS) is 1. The number of aryl methyl sites for hydroxylation is 1. The quantitative estimate of drug-likeness (QED) is 0.780. The number of H-pyrrole nitrogens is 1. The standard InChI is InChI=1S/C13H15NO3/c1-17-8-4-6-10-9-5-2-3-7-11(9)14-12(10)13(15)16/h2-3,5,7,14H,4,6,8H2,1H3,(H,15,16). The zero-order valence-corrected chi connectivity index (χ0v) is 9.69. The Balaban J connectivity index is 2.41. The predicted molar refractivity (Wildman–Crippen MR) is 65.5 cm³/mol. The first-order chi connectivity index (χ1) is 8.24. The second-order valence-corrected chi connectivity index (χ2v) is 3.93. The van der Waals surface area contributed by atoms with Gasteiger partial charge in [-0.2, -0.15) is 0 Å². The van der Waals surface area contributed by atoms with Gasteiger partial charge in [-0.15, -0.1) is 0 Å². The fourth-order valence-electron chi connectivity index (χ4n) is 2.04. The van der Waals surface area contributed by atoms with Gasteiger partial charge >= 0.3 is 5.97 Å². The number of aromatic nitrogens is 1. The first kappa shape index (κ1) is 11.7. The molecule has 0 fully saturated rings. The molecule has 2 aromatic rings. The maximum absolute atomic E-state index is 11.2. The summed E-state index contributed by atoms with van der Waals surface area (Å²) in [5.41, 5.74) is 2.03. The van der Waals surface area contributed by atoms with Crippen LogP contribution in [0.3, 0.4) is 0 Å². The minimum Gasteiger partial charge on any atom is -0.477 e. The van der Waals surface area contributed by atoms with E-state index in [4.69, 9.17) is 9.84 Å². The van der Waals surface area contributed by atoms with Crippen LogP contribution >= 0.6 is 0 Å². The molecular weight excluding hydrogens is 218 g/mol. The van der Waals surface area contributed by atoms with Crippen LogP contribution in [0.4, 0.5) is 0 Å². The highest BCUT2D eigenvalue weighted by Gasteiger charge is 2.15. The Kier molecular flexibility index (Phi) is 3.44. The molecule has 0 unspecified atom stereocenters. The zero-order valence-electron chi connectivity index (χ0n) is 9.69. The summed E-state index contributed by atoms with van der Waals surface area (Å²) in [4.78, 5) is 14.1. The van der Waals surface area contributed by atoms with Crippen molar-refractivity contribution >= 4 is 16.9 Å². The lowest BCUT2D eigenvalue weighted by molar-refractivity contribution is 0.0690. The topological polar surface area (TPSA) is 62.3 Å². The van der Waals surface area contributed by atoms with Gasteiger partial charge < -0.3 is 14.8 Å². The monoisotopic (exact) mass is 233 g/mol. The summed E-state index contributed by atoms with van der Waals surface area (Å²) in [6, 6.07) is 7.65. The number of hydrogen-bond acceptors (Lipinski definition) is 2. The third-order valence-corrected chi connectivity index (χ3v) is 2.80. The number of carboxylic acids is 1. The molecule has 0 atom stereocenters. The molecule has 2 rings (SSSR count). The van der Waals surface area contributed by atoms with Crippen LogP contribution in [0.2, 0.25) is 0 Å². The van der Waals surface area contributed by atoms with Crippen LogP contribution in [0.25, 0.3) is 10.9 Å². The van der Waals surface area contributed by atoms with Crippen molar-refractivity contribution < 1.29 is 14.6 Å². The number of benzene rings is 1. The SMILES string of the molecule is COCCCc1c(C(=O)O)[nH]c2ccccc12. The van der Waals surface area contributed by atoms with Gasteiger partial charge in [0.05, 0.1) is 0 Å². The van der Waals surface area contributed by atoms with E-state index in [0.29, 0.717) is 18.7 Å². The number of aromatic carboxylic acids is 1. The van der Waals surface area contributed by atoms with E-state index in [1.54, 1.807) is 7.11 Å². The fraction of sp³-hybridized carbons (Fsp3) is 0.308. The lowest BCUT2D eigenvalue weighted by Crippen LogP contribution is -2.02. The van der Waals surface area contributed by atoms with Gasteiger partial charge in [0, 0.05) is 24.6 Å². The number of ether oxygens (including phenoxy) is 1. The van der Waals surface area contributed by atoms with Gasteiger partial charge in [-0.25, -0.2) is 4.79 Å². The number of fused-ring (bicyclic) bond motifs is 1. The Hall–Kier alpha value is -1.81. The molecule has 0 aliphatic rings. The summed E-state index contributed by atoms with van der Waals surface area (Å²) in [6.45, 7) is 0.637. The highest BCUT2D eigenvalue weighted by molar-refractivity contribution is 5.97. The molecule has 0 aliphatic carbocycles. The number of hydrogen-bond donors (Lipinski definition) is 2. The number of methoxy groups -OCH3 is 1. The molecule has 17 heavy (non-hydrogen) atoms. The molecule has 1 aromatic carbocycles. The molecule has 4 nitrogen and oxygen atoms in total. The van der Waals surface area contributed by atoms with E-state index in [1.165, 1.54) is 0 Å². The second kappa shape index (κ2) is 5.01. The van der Waals surface area contributed by atoms with Crippen LogP contribution in [-0.4, -0.2) is 29.8 Å². The van der Waals surface area contributed by atoms with Gasteiger partial charge in [0.2, 0.25) is 0 Å². The average Bonchev–Trinajstić information content (AvgIpc) is 2.69. The highest BCUT2D eigenvalue weighted by atomic mass is 16.5. The van der Waals surface area contributed by atoms with E-state index in [0.717, 1.165) is 22.9 Å². The molecule has 2 N–H and O–H groups in total. The van der Waals surface area contributed by atoms with Crippen molar-refractivity contribution in [3.63, 3.8) is 0 Å². The Morgan fingerprint density at radius 3 is 2.88 bits per heavy atom. The molecule has 0 radical (unpaired) electrons. The van der Waals surface area contributed by atoms with Crippen LogP contribution in [0.5, 0.6) is 0 Å². The van der Waals surface area contributed by atoms with Crippen LogP contribution in [0.15, 0.2) is 24.3 Å². The fourth-order valence-corrected chi connectivity index (χ4v) is 2.04. The second-order valence-electron chi connectivity index (χ2n) is 3.93. The van der Waals surface area contributed by atoms with E-state index >= 15 is 0 Å². The number of aromatic amines is 1. The van der Waals surface area contributed by atoms with E-state index in [9.17, 15) is 4.79 Å². The van der Waals surface area contributed by atoms with Crippen LogP contribution < -0.4 is 0 Å². The molecule has 0 spiro atoms. The van der Waals surface area contributed by atoms with Crippen molar-refractivity contribution in [2.45, 2.75) is 12.8 Å². The number of carbonyl (C=O) groups is 1. The number of rotatable bonds is 5. The molecule has 0 aliphatic heterocycles. The first-order valence-corrected chi connectivity index (χ1v) is 5.56. The maximum atomic E-state index is 11.2. The van der Waals surface area contributed by atoms with Crippen LogP contribution in [0, 0.1) is 0 Å². The summed E-state index contributed by atoms with van der Waals surface area (Å²) in [7, 11) is 1.65. The Labute approximate surface area is 99.2 Å². The van der Waals surface area contributed by atoms with Crippen molar-refractivity contribution in [1.82, 2.24) is 4.98 Å². The minimum absolute atomic E-state index is 0.294. The smallest absolute Gasteiger partial charge is 0.352 e. The Morgan fingerprint density at radius 2 is 2.18 bits per heavy atom. The largest absolute Gasteiger partial charge is 0.477 e. The van der Waals surface area contributed by atoms with Crippen LogP contribution in [-0.2, 0) is 11.2 Å². The predicted octanol–water partition coefficient (Wildman–Crippen LogP) is 2.45. The average molecular weight is 233 g/mol. The molecule has 0 saturated carbocycles. The van der Waals surface area contributed by atoms with E-state index < -0.39 is 5.97 Å². The van der Waals surface area contributed by atoms with Gasteiger partial charge in [0.15, 0.2) is 0 Å².